The molecule has 1 aromatic rings. The number of hydrogen-bond donors (Lipinski definition) is 3. The summed E-state index contributed by atoms with van der Waals surface area (Å²) in [7, 11) is 0. The van der Waals surface area contributed by atoms with Gasteiger partial charge in [-0.15, -0.1) is 0 Å². The van der Waals surface area contributed by atoms with E-state index in [-0.39, 0.29) is 12.6 Å². The van der Waals surface area contributed by atoms with Crippen LogP contribution in [0.3, 0.4) is 0 Å². The van der Waals surface area contributed by atoms with E-state index in [2.05, 4.69) is 10.6 Å². The van der Waals surface area contributed by atoms with Crippen molar-refractivity contribution in [3.8, 4) is 0 Å². The molecule has 0 saturated heterocycles. The molecule has 0 radical (unpaired) electrons. The fourth-order valence-electron chi connectivity index (χ4n) is 1.44. The zero-order valence-corrected chi connectivity index (χ0v) is 10.6. The minimum atomic E-state index is -0.739. The zero-order valence-electron chi connectivity index (χ0n) is 10.6. The van der Waals surface area contributed by atoms with E-state index in [4.69, 9.17) is 5.11 Å². The fourth-order valence-corrected chi connectivity index (χ4v) is 1.44. The lowest BCUT2D eigenvalue weighted by molar-refractivity contribution is -0.136. The monoisotopic (exact) mass is 250 g/mol. The Bertz CT molecular complexity index is 428. The Morgan fingerprint density at radius 2 is 2.06 bits per heavy atom. The smallest absolute Gasteiger partial charge is 0.313 e. The minimum absolute atomic E-state index is 0.181. The Morgan fingerprint density at radius 1 is 1.33 bits per heavy atom. The van der Waals surface area contributed by atoms with Crippen molar-refractivity contribution in [3.05, 3.63) is 29.8 Å². The molecular formula is C13H18N2O3. The Morgan fingerprint density at radius 3 is 2.61 bits per heavy atom. The van der Waals surface area contributed by atoms with Gasteiger partial charge in [-0.05, 0) is 31.0 Å². The molecule has 0 bridgehead atoms. The van der Waals surface area contributed by atoms with Crippen LogP contribution in [-0.4, -0.2) is 29.6 Å². The van der Waals surface area contributed by atoms with Crippen molar-refractivity contribution in [1.82, 2.24) is 5.32 Å². The number of aliphatic hydroxyl groups is 1. The normalized spacial score (nSPS) is 11.7. The first-order valence-corrected chi connectivity index (χ1v) is 5.86. The van der Waals surface area contributed by atoms with Crippen molar-refractivity contribution in [3.63, 3.8) is 0 Å². The number of aryl methyl sites for hydroxylation is 1. The maximum atomic E-state index is 11.6. The number of amides is 2. The lowest BCUT2D eigenvalue weighted by atomic mass is 10.2. The van der Waals surface area contributed by atoms with Crippen molar-refractivity contribution in [2.24, 2.45) is 0 Å². The largest absolute Gasteiger partial charge is 0.394 e. The third kappa shape index (κ3) is 4.18. The van der Waals surface area contributed by atoms with Gasteiger partial charge in [0.2, 0.25) is 0 Å². The molecule has 0 fully saturated rings. The predicted molar refractivity (Wildman–Crippen MR) is 69.1 cm³/mol. The van der Waals surface area contributed by atoms with Gasteiger partial charge in [0.15, 0.2) is 0 Å². The summed E-state index contributed by atoms with van der Waals surface area (Å²) in [6.45, 7) is 3.54. The number of nitrogens with one attached hydrogen (secondary N) is 2. The summed E-state index contributed by atoms with van der Waals surface area (Å²) in [5.41, 5.74) is 1.57. The van der Waals surface area contributed by atoms with Crippen LogP contribution in [0.1, 0.15) is 18.9 Å². The molecule has 5 heteroatoms. The first kappa shape index (κ1) is 14.2. The van der Waals surface area contributed by atoms with E-state index in [0.29, 0.717) is 12.1 Å². The van der Waals surface area contributed by atoms with Crippen molar-refractivity contribution >= 4 is 17.5 Å². The summed E-state index contributed by atoms with van der Waals surface area (Å²) >= 11 is 0. The highest BCUT2D eigenvalue weighted by molar-refractivity contribution is 6.39. The molecule has 0 aliphatic rings. The number of carbonyl (C=O) groups is 2. The maximum Gasteiger partial charge on any atom is 0.313 e. The molecule has 0 aliphatic heterocycles. The van der Waals surface area contributed by atoms with Crippen LogP contribution in [-0.2, 0) is 9.59 Å². The van der Waals surface area contributed by atoms with Gasteiger partial charge in [0, 0.05) is 5.69 Å². The number of benzene rings is 1. The van der Waals surface area contributed by atoms with E-state index < -0.39 is 11.8 Å². The lowest BCUT2D eigenvalue weighted by Gasteiger charge is -2.13. The highest BCUT2D eigenvalue weighted by Crippen LogP contribution is 2.09. The maximum absolute atomic E-state index is 11.6. The fraction of sp³-hybridized carbons (Fsp3) is 0.385. The van der Waals surface area contributed by atoms with Crippen LogP contribution in [0.5, 0.6) is 0 Å². The Labute approximate surface area is 106 Å². The molecule has 18 heavy (non-hydrogen) atoms. The molecule has 1 rings (SSSR count). The molecule has 1 atom stereocenters. The van der Waals surface area contributed by atoms with Gasteiger partial charge in [0.1, 0.15) is 0 Å². The van der Waals surface area contributed by atoms with Crippen molar-refractivity contribution < 1.29 is 14.7 Å². The summed E-state index contributed by atoms with van der Waals surface area (Å²) in [6.07, 6.45) is 0.569. The van der Waals surface area contributed by atoms with Gasteiger partial charge in [-0.25, -0.2) is 0 Å². The molecule has 98 valence electrons. The van der Waals surface area contributed by atoms with E-state index in [1.807, 2.05) is 19.9 Å². The predicted octanol–water partition coefficient (Wildman–Crippen LogP) is 0.821. The molecule has 0 saturated carbocycles. The molecule has 5 nitrogen and oxygen atoms in total. The molecule has 0 heterocycles. The van der Waals surface area contributed by atoms with E-state index in [1.165, 1.54) is 0 Å². The van der Waals surface area contributed by atoms with Crippen LogP contribution in [0.25, 0.3) is 0 Å². The van der Waals surface area contributed by atoms with Crippen molar-refractivity contribution in [2.45, 2.75) is 26.3 Å². The van der Waals surface area contributed by atoms with Gasteiger partial charge in [-0.3, -0.25) is 9.59 Å². The van der Waals surface area contributed by atoms with Gasteiger partial charge in [0.25, 0.3) is 0 Å². The number of carbonyl (C=O) groups excluding carboxylic acids is 2. The molecule has 1 aromatic carbocycles. The number of aliphatic hydroxyl groups excluding tert-OH is 1. The topological polar surface area (TPSA) is 78.4 Å². The molecule has 3 N–H and O–H groups in total. The third-order valence-corrected chi connectivity index (χ3v) is 2.53. The SMILES string of the molecule is CC[C@@H](CO)NC(=O)C(=O)Nc1cccc(C)c1. The molecule has 0 spiro atoms. The lowest BCUT2D eigenvalue weighted by Crippen LogP contribution is -2.43. The highest BCUT2D eigenvalue weighted by atomic mass is 16.3. The number of hydrogen-bond acceptors (Lipinski definition) is 3. The zero-order chi connectivity index (χ0) is 13.5. The molecule has 2 amide bonds. The summed E-state index contributed by atoms with van der Waals surface area (Å²) in [6, 6.07) is 6.79. The Hall–Kier alpha value is -1.88. The van der Waals surface area contributed by atoms with E-state index >= 15 is 0 Å². The van der Waals surface area contributed by atoms with Gasteiger partial charge >= 0.3 is 11.8 Å². The van der Waals surface area contributed by atoms with Crippen LogP contribution >= 0.6 is 0 Å². The third-order valence-electron chi connectivity index (χ3n) is 2.53. The second-order valence-electron chi connectivity index (χ2n) is 4.08. The second-order valence-corrected chi connectivity index (χ2v) is 4.08. The van der Waals surface area contributed by atoms with Crippen LogP contribution in [0.4, 0.5) is 5.69 Å². The van der Waals surface area contributed by atoms with Gasteiger partial charge in [-0.2, -0.15) is 0 Å². The quantitative estimate of drug-likeness (QED) is 0.692. The van der Waals surface area contributed by atoms with Crippen LogP contribution in [0.15, 0.2) is 24.3 Å². The minimum Gasteiger partial charge on any atom is -0.394 e. The van der Waals surface area contributed by atoms with E-state index in [0.717, 1.165) is 5.56 Å². The average Bonchev–Trinajstić information content (AvgIpc) is 2.35. The number of rotatable bonds is 4. The first-order valence-electron chi connectivity index (χ1n) is 5.86. The number of anilines is 1. The molecule has 0 aromatic heterocycles. The summed E-state index contributed by atoms with van der Waals surface area (Å²) in [5.74, 6) is -1.47. The van der Waals surface area contributed by atoms with Gasteiger partial charge in [0.05, 0.1) is 12.6 Å². The van der Waals surface area contributed by atoms with Crippen LogP contribution in [0.2, 0.25) is 0 Å². The molecule has 0 aliphatic carbocycles. The van der Waals surface area contributed by atoms with Gasteiger partial charge in [-0.1, -0.05) is 19.1 Å². The summed E-state index contributed by atoms with van der Waals surface area (Å²) in [4.78, 5) is 23.1. The average molecular weight is 250 g/mol. The van der Waals surface area contributed by atoms with Crippen LogP contribution < -0.4 is 10.6 Å². The van der Waals surface area contributed by atoms with Crippen molar-refractivity contribution in [1.29, 1.82) is 0 Å². The Balaban J connectivity index is 2.57. The highest BCUT2D eigenvalue weighted by Gasteiger charge is 2.17. The Kier molecular flexibility index (Phi) is 5.32. The summed E-state index contributed by atoms with van der Waals surface area (Å²) < 4.78 is 0. The van der Waals surface area contributed by atoms with E-state index in [1.54, 1.807) is 18.2 Å². The molecular weight excluding hydrogens is 232 g/mol. The standard InChI is InChI=1S/C13H18N2O3/c1-3-10(8-16)14-12(17)13(18)15-11-6-4-5-9(2)7-11/h4-7,10,16H,3,8H2,1-2H3,(H,14,17)(H,15,18)/t10-/m0/s1. The van der Waals surface area contributed by atoms with Crippen LogP contribution in [0, 0.1) is 6.92 Å². The molecule has 0 unspecified atom stereocenters. The second kappa shape index (κ2) is 6.76. The first-order chi connectivity index (χ1) is 8.56. The van der Waals surface area contributed by atoms with Gasteiger partial charge < -0.3 is 15.7 Å². The van der Waals surface area contributed by atoms with E-state index in [9.17, 15) is 9.59 Å². The van der Waals surface area contributed by atoms with Crippen molar-refractivity contribution in [2.75, 3.05) is 11.9 Å². The summed E-state index contributed by atoms with van der Waals surface area (Å²) in [5, 5.41) is 13.9.